The molecule has 1 aliphatic heterocycles. The van der Waals surface area contributed by atoms with Crippen LogP contribution in [-0.4, -0.2) is 99.6 Å². The van der Waals surface area contributed by atoms with E-state index >= 15 is 0 Å². The summed E-state index contributed by atoms with van der Waals surface area (Å²) in [6, 6.07) is -1.02. The number of allylic oxidation sites excluding steroid dienone is 3. The molecule has 412 valence electrons. The molecule has 6 N–H and O–H groups in total. The predicted molar refractivity (Wildman–Crippen MR) is 288 cm³/mol. The van der Waals surface area contributed by atoms with Crippen molar-refractivity contribution in [3.8, 4) is 0 Å². The van der Waals surface area contributed by atoms with E-state index in [1.165, 1.54) is 161 Å². The van der Waals surface area contributed by atoms with Gasteiger partial charge in [-0.25, -0.2) is 0 Å². The summed E-state index contributed by atoms with van der Waals surface area (Å²) in [4.78, 5) is 26.4. The minimum atomic E-state index is -1.61. The van der Waals surface area contributed by atoms with E-state index in [2.05, 4.69) is 38.2 Å². The summed E-state index contributed by atoms with van der Waals surface area (Å²) >= 11 is 0. The Balaban J connectivity index is 2.66. The molecule has 1 aliphatic rings. The lowest BCUT2D eigenvalue weighted by Crippen LogP contribution is -2.61. The maximum Gasteiger partial charge on any atom is 0.306 e. The quantitative estimate of drug-likeness (QED) is 0.0195. The second-order valence-electron chi connectivity index (χ2n) is 20.7. The minimum Gasteiger partial charge on any atom is -0.454 e. The zero-order valence-corrected chi connectivity index (χ0v) is 45.4. The standard InChI is InChI=1S/C59H111NO10/c1-4-7-10-13-16-19-22-24-25-26-27-28-29-30-32-35-38-41-44-47-54(64)70-57-56(66)55(65)53(48-61)69-59(57)68-49-50(51(62)45-42-39-36-34-31-23-20-17-14-11-8-5-2)60-58(67)52(63)46-43-40-37-33-21-18-15-12-9-6-3/h15,18,42,45,50-53,55-57,59,61-63,65-66H,4-14,16-17,19-41,43-44,46-49H2,1-3H3,(H,60,67)/b18-15-,45-42+. The fourth-order valence-corrected chi connectivity index (χ4v) is 9.34. The van der Waals surface area contributed by atoms with E-state index in [9.17, 15) is 35.1 Å². The van der Waals surface area contributed by atoms with Gasteiger partial charge in [0.25, 0.3) is 0 Å². The topological polar surface area (TPSA) is 175 Å². The monoisotopic (exact) mass is 994 g/mol. The van der Waals surface area contributed by atoms with Crippen LogP contribution < -0.4 is 5.32 Å². The van der Waals surface area contributed by atoms with Crippen molar-refractivity contribution in [2.75, 3.05) is 13.2 Å². The zero-order valence-electron chi connectivity index (χ0n) is 45.4. The van der Waals surface area contributed by atoms with Gasteiger partial charge in [-0.05, 0) is 44.9 Å². The third kappa shape index (κ3) is 36.1. The number of unbranched alkanes of at least 4 members (excludes halogenated alkanes) is 34. The first kappa shape index (κ1) is 66.2. The van der Waals surface area contributed by atoms with Gasteiger partial charge in [-0.1, -0.05) is 251 Å². The Hall–Kier alpha value is -1.86. The Kier molecular flexibility index (Phi) is 45.5. The molecule has 1 saturated heterocycles. The van der Waals surface area contributed by atoms with Gasteiger partial charge in [0.1, 0.15) is 24.4 Å². The second kappa shape index (κ2) is 48.1. The third-order valence-electron chi connectivity index (χ3n) is 14.1. The summed E-state index contributed by atoms with van der Waals surface area (Å²) in [6.45, 7) is 5.75. The smallest absolute Gasteiger partial charge is 0.306 e. The van der Waals surface area contributed by atoms with E-state index in [1.54, 1.807) is 6.08 Å². The summed E-state index contributed by atoms with van der Waals surface area (Å²) in [5.41, 5.74) is 0. The number of hydrogen-bond acceptors (Lipinski definition) is 10. The van der Waals surface area contributed by atoms with E-state index in [1.807, 2.05) is 6.08 Å². The number of hydrogen-bond donors (Lipinski definition) is 6. The molecule has 0 bridgehead atoms. The molecular weight excluding hydrogens is 883 g/mol. The second-order valence-corrected chi connectivity index (χ2v) is 20.7. The van der Waals surface area contributed by atoms with Crippen molar-refractivity contribution in [1.82, 2.24) is 5.32 Å². The highest BCUT2D eigenvalue weighted by Crippen LogP contribution is 2.26. The van der Waals surface area contributed by atoms with Crippen LogP contribution in [0.15, 0.2) is 24.3 Å². The van der Waals surface area contributed by atoms with Gasteiger partial charge >= 0.3 is 5.97 Å². The summed E-state index contributed by atoms with van der Waals surface area (Å²) < 4.78 is 17.6. The summed E-state index contributed by atoms with van der Waals surface area (Å²) in [6.07, 6.45) is 43.7. The van der Waals surface area contributed by atoms with E-state index in [4.69, 9.17) is 14.2 Å². The predicted octanol–water partition coefficient (Wildman–Crippen LogP) is 13.3. The molecule has 70 heavy (non-hydrogen) atoms. The maximum atomic E-state index is 13.3. The molecule has 1 heterocycles. The van der Waals surface area contributed by atoms with Gasteiger partial charge < -0.3 is 45.1 Å². The number of carbonyl (C=O) groups excluding carboxylic acids is 2. The van der Waals surface area contributed by atoms with Crippen molar-refractivity contribution in [1.29, 1.82) is 0 Å². The number of carbonyl (C=O) groups is 2. The summed E-state index contributed by atoms with van der Waals surface area (Å²) in [7, 11) is 0. The third-order valence-corrected chi connectivity index (χ3v) is 14.1. The number of aliphatic hydroxyl groups is 5. The van der Waals surface area contributed by atoms with Crippen molar-refractivity contribution >= 4 is 11.9 Å². The Morgan fingerprint density at radius 1 is 0.543 bits per heavy atom. The molecule has 8 atom stereocenters. The molecular formula is C59H111NO10. The SMILES string of the molecule is CCCC/C=C\CCCCCCC(O)C(=O)NC(COC1OC(CO)C(O)C(O)C1OC(=O)CCCCCCCCCCCCCCCCCCCCC)C(O)/C=C/CCCCCCCCCCCC. The molecule has 11 heteroatoms. The van der Waals surface area contributed by atoms with Crippen LogP contribution >= 0.6 is 0 Å². The van der Waals surface area contributed by atoms with Crippen LogP contribution in [0.4, 0.5) is 0 Å². The first-order valence-corrected chi connectivity index (χ1v) is 29.6. The van der Waals surface area contributed by atoms with Crippen LogP contribution in [0.1, 0.15) is 278 Å². The fourth-order valence-electron chi connectivity index (χ4n) is 9.34. The molecule has 0 radical (unpaired) electrons. The highest BCUT2D eigenvalue weighted by molar-refractivity contribution is 5.80. The number of aliphatic hydroxyl groups excluding tert-OH is 5. The number of esters is 1. The fraction of sp³-hybridized carbons (Fsp3) is 0.898. The molecule has 1 amide bonds. The van der Waals surface area contributed by atoms with Gasteiger partial charge in [0, 0.05) is 6.42 Å². The Morgan fingerprint density at radius 2 is 0.957 bits per heavy atom. The average molecular weight is 995 g/mol. The van der Waals surface area contributed by atoms with Gasteiger partial charge in [0.2, 0.25) is 5.91 Å². The molecule has 0 aliphatic carbocycles. The normalized spacial score (nSPS) is 19.8. The Bertz CT molecular complexity index is 1230. The Morgan fingerprint density at radius 3 is 1.43 bits per heavy atom. The van der Waals surface area contributed by atoms with Crippen LogP contribution in [0.25, 0.3) is 0 Å². The first-order valence-electron chi connectivity index (χ1n) is 29.6. The summed E-state index contributed by atoms with van der Waals surface area (Å²) in [5, 5.41) is 56.7. The Labute approximate surface area is 429 Å². The lowest BCUT2D eigenvalue weighted by atomic mass is 9.99. The van der Waals surface area contributed by atoms with E-state index in [-0.39, 0.29) is 19.4 Å². The van der Waals surface area contributed by atoms with Crippen molar-refractivity contribution in [3.63, 3.8) is 0 Å². The molecule has 0 aromatic carbocycles. The number of ether oxygens (including phenoxy) is 3. The van der Waals surface area contributed by atoms with Gasteiger partial charge in [-0.15, -0.1) is 0 Å². The van der Waals surface area contributed by atoms with Crippen LogP contribution in [0.5, 0.6) is 0 Å². The number of nitrogens with one attached hydrogen (secondary N) is 1. The molecule has 1 rings (SSSR count). The van der Waals surface area contributed by atoms with Crippen LogP contribution in [0, 0.1) is 0 Å². The first-order chi connectivity index (χ1) is 34.2. The molecule has 0 saturated carbocycles. The van der Waals surface area contributed by atoms with E-state index in [0.29, 0.717) is 12.8 Å². The highest BCUT2D eigenvalue weighted by Gasteiger charge is 2.47. The molecule has 0 spiro atoms. The molecule has 11 nitrogen and oxygen atoms in total. The average Bonchev–Trinajstić information content (AvgIpc) is 3.36. The van der Waals surface area contributed by atoms with Crippen molar-refractivity contribution in [3.05, 3.63) is 24.3 Å². The molecule has 0 aromatic rings. The van der Waals surface area contributed by atoms with Gasteiger partial charge in [0.05, 0.1) is 25.4 Å². The minimum absolute atomic E-state index is 0.129. The highest BCUT2D eigenvalue weighted by atomic mass is 16.7. The van der Waals surface area contributed by atoms with Gasteiger partial charge in [-0.3, -0.25) is 9.59 Å². The van der Waals surface area contributed by atoms with Gasteiger partial charge in [-0.2, -0.15) is 0 Å². The van der Waals surface area contributed by atoms with Crippen molar-refractivity contribution in [2.24, 2.45) is 0 Å². The zero-order chi connectivity index (χ0) is 51.1. The van der Waals surface area contributed by atoms with E-state index < -0.39 is 67.4 Å². The summed E-state index contributed by atoms with van der Waals surface area (Å²) in [5.74, 6) is -1.19. The van der Waals surface area contributed by atoms with Gasteiger partial charge in [0.15, 0.2) is 12.4 Å². The van der Waals surface area contributed by atoms with E-state index in [0.717, 1.165) is 70.6 Å². The molecule has 0 aromatic heterocycles. The van der Waals surface area contributed by atoms with Crippen molar-refractivity contribution < 1.29 is 49.3 Å². The largest absolute Gasteiger partial charge is 0.454 e. The molecule has 8 unspecified atom stereocenters. The number of rotatable bonds is 50. The van der Waals surface area contributed by atoms with Crippen LogP contribution in [0.2, 0.25) is 0 Å². The number of amides is 1. The van der Waals surface area contributed by atoms with Crippen molar-refractivity contribution in [2.45, 2.75) is 327 Å². The van der Waals surface area contributed by atoms with Crippen LogP contribution in [-0.2, 0) is 23.8 Å². The van der Waals surface area contributed by atoms with Crippen LogP contribution in [0.3, 0.4) is 0 Å². The maximum absolute atomic E-state index is 13.3. The molecule has 1 fully saturated rings. The lowest BCUT2D eigenvalue weighted by Gasteiger charge is -2.41. The lowest BCUT2D eigenvalue weighted by molar-refractivity contribution is -0.305.